The molecule has 158 valence electrons. The van der Waals surface area contributed by atoms with Gasteiger partial charge in [0.2, 0.25) is 0 Å². The van der Waals surface area contributed by atoms with Gasteiger partial charge in [-0.2, -0.15) is 0 Å². The highest BCUT2D eigenvalue weighted by Gasteiger charge is 2.21. The summed E-state index contributed by atoms with van der Waals surface area (Å²) in [6.07, 6.45) is 2.20. The average Bonchev–Trinajstić information content (AvgIpc) is 3.03. The van der Waals surface area contributed by atoms with E-state index in [0.717, 1.165) is 62.1 Å². The third-order valence-electron chi connectivity index (χ3n) is 4.72. The smallest absolute Gasteiger partial charge is 0.191 e. The highest BCUT2D eigenvalue weighted by molar-refractivity contribution is 5.79. The van der Waals surface area contributed by atoms with Crippen LogP contribution in [0.3, 0.4) is 0 Å². The Hall–Kier alpha value is -1.99. The number of guanidine groups is 1. The van der Waals surface area contributed by atoms with Crippen LogP contribution in [0.5, 0.6) is 11.5 Å². The first-order chi connectivity index (χ1) is 13.6. The number of fused-ring (bicyclic) bond motifs is 1. The number of likely N-dealkylation sites (N-methyl/N-ethyl adjacent to an activating group) is 1. The van der Waals surface area contributed by atoms with Crippen molar-refractivity contribution in [3.05, 3.63) is 23.3 Å². The number of hydrogen-bond acceptors (Lipinski definition) is 5. The molecule has 0 radical (unpaired) electrons. The van der Waals surface area contributed by atoms with Gasteiger partial charge in [0.25, 0.3) is 0 Å². The molecule has 0 fully saturated rings. The molecule has 0 aliphatic carbocycles. The average molecular weight is 393 g/mol. The van der Waals surface area contributed by atoms with Crippen LogP contribution in [0.25, 0.3) is 0 Å². The van der Waals surface area contributed by atoms with E-state index in [1.807, 2.05) is 6.92 Å². The first-order valence-corrected chi connectivity index (χ1v) is 10.1. The van der Waals surface area contributed by atoms with E-state index < -0.39 is 0 Å². The predicted molar refractivity (Wildman–Crippen MR) is 114 cm³/mol. The molecule has 0 aromatic heterocycles. The van der Waals surface area contributed by atoms with Gasteiger partial charge in [-0.05, 0) is 39.4 Å². The number of benzene rings is 1. The second-order valence-corrected chi connectivity index (χ2v) is 7.14. The topological polar surface area (TPSA) is 67.4 Å². The van der Waals surface area contributed by atoms with Gasteiger partial charge in [0.15, 0.2) is 5.96 Å². The maximum Gasteiger partial charge on any atom is 0.191 e. The van der Waals surface area contributed by atoms with E-state index >= 15 is 0 Å². The van der Waals surface area contributed by atoms with E-state index in [1.54, 1.807) is 14.2 Å². The number of ether oxygens (including phenoxy) is 3. The van der Waals surface area contributed by atoms with Gasteiger partial charge in [-0.3, -0.25) is 4.99 Å². The van der Waals surface area contributed by atoms with Crippen LogP contribution in [0.2, 0.25) is 0 Å². The van der Waals surface area contributed by atoms with Crippen molar-refractivity contribution in [3.63, 3.8) is 0 Å². The van der Waals surface area contributed by atoms with Crippen molar-refractivity contribution in [1.82, 2.24) is 15.5 Å². The zero-order chi connectivity index (χ0) is 20.4. The first-order valence-electron chi connectivity index (χ1n) is 10.1. The normalized spacial score (nSPS) is 16.1. The summed E-state index contributed by atoms with van der Waals surface area (Å²) in [7, 11) is 5.64. The molecule has 2 N–H and O–H groups in total. The highest BCUT2D eigenvalue weighted by Crippen LogP contribution is 2.35. The standard InChI is InChI=1S/C21H36N4O3/c1-6-27-19-13-17-12-16(2)28-20(17)14-18(19)15-24-21(22-3)23-8-10-25(4)9-7-11-26-5/h13-14,16H,6-12,15H2,1-5H3,(H2,22,23,24). The molecule has 0 amide bonds. The van der Waals surface area contributed by atoms with E-state index in [4.69, 9.17) is 14.2 Å². The molecule has 28 heavy (non-hydrogen) atoms. The zero-order valence-corrected chi connectivity index (χ0v) is 18.0. The van der Waals surface area contributed by atoms with Gasteiger partial charge >= 0.3 is 0 Å². The van der Waals surface area contributed by atoms with Crippen molar-refractivity contribution in [3.8, 4) is 11.5 Å². The summed E-state index contributed by atoms with van der Waals surface area (Å²) in [5.41, 5.74) is 2.30. The van der Waals surface area contributed by atoms with Gasteiger partial charge in [0.1, 0.15) is 17.6 Å². The Labute approximate surface area is 169 Å². The molecule has 1 aliphatic heterocycles. The Morgan fingerprint density at radius 2 is 2.14 bits per heavy atom. The number of aliphatic imine (C=N–C) groups is 1. The molecule has 1 heterocycles. The Bertz CT molecular complexity index is 636. The van der Waals surface area contributed by atoms with Crippen molar-refractivity contribution in [2.45, 2.75) is 39.3 Å². The summed E-state index contributed by atoms with van der Waals surface area (Å²) in [6, 6.07) is 4.21. The maximum absolute atomic E-state index is 5.90. The maximum atomic E-state index is 5.90. The van der Waals surface area contributed by atoms with Crippen LogP contribution in [0.4, 0.5) is 0 Å². The molecule has 1 aliphatic rings. The molecule has 2 rings (SSSR count). The third-order valence-corrected chi connectivity index (χ3v) is 4.72. The van der Waals surface area contributed by atoms with Gasteiger partial charge in [-0.1, -0.05) is 0 Å². The fourth-order valence-corrected chi connectivity index (χ4v) is 3.26. The molecule has 0 bridgehead atoms. The Morgan fingerprint density at radius 3 is 2.86 bits per heavy atom. The SMILES string of the molecule is CCOc1cc2c(cc1CNC(=NC)NCCN(C)CCCOC)OC(C)C2. The van der Waals surface area contributed by atoms with Gasteiger partial charge in [-0.15, -0.1) is 0 Å². The zero-order valence-electron chi connectivity index (χ0n) is 18.0. The van der Waals surface area contributed by atoms with Gasteiger partial charge in [0.05, 0.1) is 6.61 Å². The highest BCUT2D eigenvalue weighted by atomic mass is 16.5. The monoisotopic (exact) mass is 392 g/mol. The lowest BCUT2D eigenvalue weighted by Crippen LogP contribution is -2.40. The second kappa shape index (κ2) is 11.8. The molecule has 0 spiro atoms. The van der Waals surface area contributed by atoms with E-state index in [1.165, 1.54) is 5.56 Å². The minimum atomic E-state index is 0.225. The lowest BCUT2D eigenvalue weighted by atomic mass is 10.1. The van der Waals surface area contributed by atoms with Gasteiger partial charge in [-0.25, -0.2) is 0 Å². The summed E-state index contributed by atoms with van der Waals surface area (Å²) in [4.78, 5) is 6.60. The quantitative estimate of drug-likeness (QED) is 0.341. The van der Waals surface area contributed by atoms with Crippen molar-refractivity contribution in [2.75, 3.05) is 54.1 Å². The van der Waals surface area contributed by atoms with E-state index in [-0.39, 0.29) is 6.10 Å². The van der Waals surface area contributed by atoms with Gasteiger partial charge in [0, 0.05) is 64.5 Å². The molecular formula is C21H36N4O3. The van der Waals surface area contributed by atoms with Crippen molar-refractivity contribution in [2.24, 2.45) is 4.99 Å². The second-order valence-electron chi connectivity index (χ2n) is 7.14. The predicted octanol–water partition coefficient (Wildman–Crippen LogP) is 2.04. The van der Waals surface area contributed by atoms with Crippen LogP contribution in [0.15, 0.2) is 17.1 Å². The number of nitrogens with one attached hydrogen (secondary N) is 2. The lowest BCUT2D eigenvalue weighted by Gasteiger charge is -2.19. The number of nitrogens with zero attached hydrogens (tertiary/aromatic N) is 2. The molecule has 1 aromatic carbocycles. The lowest BCUT2D eigenvalue weighted by molar-refractivity contribution is 0.180. The van der Waals surface area contributed by atoms with Crippen molar-refractivity contribution >= 4 is 5.96 Å². The fourth-order valence-electron chi connectivity index (χ4n) is 3.26. The van der Waals surface area contributed by atoms with E-state index in [0.29, 0.717) is 13.2 Å². The molecular weight excluding hydrogens is 356 g/mol. The summed E-state index contributed by atoms with van der Waals surface area (Å²) >= 11 is 0. The molecule has 0 saturated heterocycles. The van der Waals surface area contributed by atoms with Crippen LogP contribution in [-0.4, -0.2) is 71.0 Å². The van der Waals surface area contributed by atoms with Crippen molar-refractivity contribution in [1.29, 1.82) is 0 Å². The minimum absolute atomic E-state index is 0.225. The van der Waals surface area contributed by atoms with Crippen LogP contribution in [0, 0.1) is 0 Å². The Morgan fingerprint density at radius 1 is 1.32 bits per heavy atom. The molecule has 0 saturated carbocycles. The summed E-state index contributed by atoms with van der Waals surface area (Å²) in [5, 5.41) is 6.74. The Balaban J connectivity index is 1.85. The molecule has 1 unspecified atom stereocenters. The van der Waals surface area contributed by atoms with Crippen LogP contribution >= 0.6 is 0 Å². The largest absolute Gasteiger partial charge is 0.494 e. The van der Waals surface area contributed by atoms with E-state index in [9.17, 15) is 0 Å². The fraction of sp³-hybridized carbons (Fsp3) is 0.667. The van der Waals surface area contributed by atoms with Crippen LogP contribution in [-0.2, 0) is 17.7 Å². The van der Waals surface area contributed by atoms with Crippen LogP contribution < -0.4 is 20.1 Å². The van der Waals surface area contributed by atoms with Crippen molar-refractivity contribution < 1.29 is 14.2 Å². The number of methoxy groups -OCH3 is 1. The molecule has 7 heteroatoms. The molecule has 1 atom stereocenters. The van der Waals surface area contributed by atoms with E-state index in [2.05, 4.69) is 46.6 Å². The first kappa shape index (κ1) is 22.3. The third kappa shape index (κ3) is 6.87. The summed E-state index contributed by atoms with van der Waals surface area (Å²) in [5.74, 6) is 2.66. The summed E-state index contributed by atoms with van der Waals surface area (Å²) < 4.78 is 16.8. The number of rotatable bonds is 11. The minimum Gasteiger partial charge on any atom is -0.494 e. The molecule has 1 aromatic rings. The molecule has 7 nitrogen and oxygen atoms in total. The number of hydrogen-bond donors (Lipinski definition) is 2. The summed E-state index contributed by atoms with van der Waals surface area (Å²) in [6.45, 7) is 8.96. The Kier molecular flexibility index (Phi) is 9.37. The van der Waals surface area contributed by atoms with Crippen LogP contribution in [0.1, 0.15) is 31.4 Å². The van der Waals surface area contributed by atoms with Gasteiger partial charge < -0.3 is 29.7 Å².